The van der Waals surface area contributed by atoms with Crippen molar-refractivity contribution in [3.05, 3.63) is 47.6 Å². The van der Waals surface area contributed by atoms with Crippen LogP contribution in [0, 0.1) is 5.92 Å². The van der Waals surface area contributed by atoms with Crippen LogP contribution in [-0.4, -0.2) is 12.8 Å². The second-order valence-corrected chi connectivity index (χ2v) is 4.72. The monoisotopic (exact) mass is 229 g/mol. The summed E-state index contributed by atoms with van der Waals surface area (Å²) in [5.41, 5.74) is 6.09. The third kappa shape index (κ3) is 3.29. The van der Waals surface area contributed by atoms with Gasteiger partial charge in [-0.2, -0.15) is 0 Å². The number of hydrogen-bond donors (Lipinski definition) is 0. The molecule has 1 aliphatic carbocycles. The van der Waals surface area contributed by atoms with Crippen molar-refractivity contribution in [3.8, 4) is 0 Å². The molecule has 1 fully saturated rings. The highest BCUT2D eigenvalue weighted by molar-refractivity contribution is 6.03. The molecule has 0 atom stereocenters. The molecule has 1 nitrogen and oxygen atoms in total. The maximum Gasteiger partial charge on any atom is 0.0391 e. The van der Waals surface area contributed by atoms with E-state index < -0.39 is 0 Å². The van der Waals surface area contributed by atoms with Gasteiger partial charge in [-0.05, 0) is 50.7 Å². The van der Waals surface area contributed by atoms with Gasteiger partial charge < -0.3 is 0 Å². The fraction of sp³-hybridized carbons (Fsp3) is 0.438. The molecule has 0 aliphatic heterocycles. The summed E-state index contributed by atoms with van der Waals surface area (Å²) >= 11 is 0. The molecule has 0 spiro atoms. The Morgan fingerprint density at radius 2 is 1.82 bits per heavy atom. The summed E-state index contributed by atoms with van der Waals surface area (Å²) in [5.74, 6) is 0.689. The Labute approximate surface area is 105 Å². The Morgan fingerprint density at radius 3 is 2.18 bits per heavy atom. The van der Waals surface area contributed by atoms with E-state index in [1.807, 2.05) is 13.1 Å². The molecule has 1 saturated carbocycles. The van der Waals surface area contributed by atoms with E-state index in [-0.39, 0.29) is 0 Å². The first kappa shape index (κ1) is 13.7. The number of aliphatic imine (C=N–C) groups is 1. The molecule has 92 valence electrons. The molecule has 0 amide bonds. The van der Waals surface area contributed by atoms with Crippen LogP contribution in [0.1, 0.15) is 33.6 Å². The summed E-state index contributed by atoms with van der Waals surface area (Å²) in [6.45, 7) is 14.1. The van der Waals surface area contributed by atoms with E-state index >= 15 is 0 Å². The van der Waals surface area contributed by atoms with Crippen LogP contribution in [0.4, 0.5) is 0 Å². The molecule has 0 aromatic rings. The number of allylic oxidation sites excluding steroid dienone is 6. The van der Waals surface area contributed by atoms with Crippen molar-refractivity contribution in [3.63, 3.8) is 0 Å². The summed E-state index contributed by atoms with van der Waals surface area (Å²) in [7, 11) is 1.85. The molecule has 0 saturated heterocycles. The molecule has 1 heteroatoms. The third-order valence-electron chi connectivity index (χ3n) is 3.32. The van der Waals surface area contributed by atoms with Gasteiger partial charge in [-0.1, -0.05) is 30.9 Å². The van der Waals surface area contributed by atoms with Gasteiger partial charge in [0.15, 0.2) is 0 Å². The standard InChI is InChI=1S/C16H23N/c1-7-8-15(14-9-10-14)16(13(5)17-6)12(4)11(2)3/h7-8,14H,1-2,9-10H2,3-6H3/b15-8-,16-12+,17-13-. The Balaban J connectivity index is 3.32. The lowest BCUT2D eigenvalue weighted by atomic mass is 9.90. The van der Waals surface area contributed by atoms with Gasteiger partial charge in [0.05, 0.1) is 0 Å². The van der Waals surface area contributed by atoms with Crippen molar-refractivity contribution in [2.45, 2.75) is 33.6 Å². The van der Waals surface area contributed by atoms with E-state index in [0.717, 1.165) is 11.3 Å². The van der Waals surface area contributed by atoms with Crippen molar-refractivity contribution >= 4 is 5.71 Å². The van der Waals surface area contributed by atoms with Crippen molar-refractivity contribution in [2.24, 2.45) is 10.9 Å². The first-order chi connectivity index (χ1) is 8.02. The minimum Gasteiger partial charge on any atom is -0.293 e. The van der Waals surface area contributed by atoms with Crippen LogP contribution in [0.25, 0.3) is 0 Å². The van der Waals surface area contributed by atoms with E-state index in [4.69, 9.17) is 0 Å². The second-order valence-electron chi connectivity index (χ2n) is 4.72. The van der Waals surface area contributed by atoms with E-state index in [2.05, 4.69) is 45.0 Å². The zero-order chi connectivity index (χ0) is 13.0. The van der Waals surface area contributed by atoms with Crippen molar-refractivity contribution < 1.29 is 0 Å². The molecule has 0 unspecified atom stereocenters. The van der Waals surface area contributed by atoms with E-state index in [1.54, 1.807) is 0 Å². The zero-order valence-corrected chi connectivity index (χ0v) is 11.5. The topological polar surface area (TPSA) is 12.4 Å². The molecule has 1 rings (SSSR count). The molecular formula is C16H23N. The first-order valence-electron chi connectivity index (χ1n) is 6.16. The zero-order valence-electron chi connectivity index (χ0n) is 11.5. The summed E-state index contributed by atoms with van der Waals surface area (Å²) in [6, 6.07) is 0. The van der Waals surface area contributed by atoms with Crippen molar-refractivity contribution in [1.29, 1.82) is 0 Å². The average molecular weight is 229 g/mol. The van der Waals surface area contributed by atoms with Gasteiger partial charge >= 0.3 is 0 Å². The Hall–Kier alpha value is -1.37. The van der Waals surface area contributed by atoms with Gasteiger partial charge in [-0.25, -0.2) is 0 Å². The molecule has 1 aliphatic rings. The predicted octanol–water partition coefficient (Wildman–Crippen LogP) is 4.49. The smallest absolute Gasteiger partial charge is 0.0391 e. The Bertz CT molecular complexity index is 415. The van der Waals surface area contributed by atoms with Crippen LogP contribution in [0.5, 0.6) is 0 Å². The van der Waals surface area contributed by atoms with Crippen LogP contribution in [0.2, 0.25) is 0 Å². The van der Waals surface area contributed by atoms with Gasteiger partial charge in [-0.15, -0.1) is 0 Å². The largest absolute Gasteiger partial charge is 0.293 e. The Kier molecular flexibility index (Phi) is 4.68. The number of rotatable bonds is 5. The minimum atomic E-state index is 0.689. The quantitative estimate of drug-likeness (QED) is 0.486. The van der Waals surface area contributed by atoms with Crippen LogP contribution in [0.15, 0.2) is 52.6 Å². The third-order valence-corrected chi connectivity index (χ3v) is 3.32. The van der Waals surface area contributed by atoms with E-state index in [9.17, 15) is 0 Å². The van der Waals surface area contributed by atoms with Crippen molar-refractivity contribution in [1.82, 2.24) is 0 Å². The van der Waals surface area contributed by atoms with Gasteiger partial charge in [0.1, 0.15) is 0 Å². The fourth-order valence-electron chi connectivity index (χ4n) is 1.97. The van der Waals surface area contributed by atoms with Gasteiger partial charge in [-0.3, -0.25) is 4.99 Å². The van der Waals surface area contributed by atoms with E-state index in [1.165, 1.54) is 29.6 Å². The summed E-state index contributed by atoms with van der Waals surface area (Å²) < 4.78 is 0. The van der Waals surface area contributed by atoms with Crippen molar-refractivity contribution in [2.75, 3.05) is 7.05 Å². The van der Waals surface area contributed by atoms with Crippen LogP contribution >= 0.6 is 0 Å². The minimum absolute atomic E-state index is 0.689. The van der Waals surface area contributed by atoms with E-state index in [0.29, 0.717) is 5.92 Å². The highest BCUT2D eigenvalue weighted by Crippen LogP contribution is 2.41. The summed E-state index contributed by atoms with van der Waals surface area (Å²) in [5, 5.41) is 0. The van der Waals surface area contributed by atoms with Crippen LogP contribution in [0.3, 0.4) is 0 Å². The van der Waals surface area contributed by atoms with Gasteiger partial charge in [0.25, 0.3) is 0 Å². The maximum atomic E-state index is 4.35. The van der Waals surface area contributed by atoms with Gasteiger partial charge in [0, 0.05) is 18.3 Å². The predicted molar refractivity (Wildman–Crippen MR) is 77.6 cm³/mol. The molecule has 0 aromatic carbocycles. The maximum absolute atomic E-state index is 4.35. The lowest BCUT2D eigenvalue weighted by Gasteiger charge is -2.15. The molecule has 0 heterocycles. The highest BCUT2D eigenvalue weighted by atomic mass is 14.7. The van der Waals surface area contributed by atoms with Gasteiger partial charge in [0.2, 0.25) is 0 Å². The molecule has 0 N–H and O–H groups in total. The summed E-state index contributed by atoms with van der Waals surface area (Å²) in [4.78, 5) is 4.35. The number of hydrogen-bond acceptors (Lipinski definition) is 1. The first-order valence-corrected chi connectivity index (χ1v) is 6.16. The lowest BCUT2D eigenvalue weighted by molar-refractivity contribution is 1.02. The number of nitrogens with zero attached hydrogens (tertiary/aromatic N) is 1. The molecular weight excluding hydrogens is 206 g/mol. The van der Waals surface area contributed by atoms with Crippen LogP contribution < -0.4 is 0 Å². The lowest BCUT2D eigenvalue weighted by Crippen LogP contribution is -2.06. The van der Waals surface area contributed by atoms with Crippen LogP contribution in [-0.2, 0) is 0 Å². The Morgan fingerprint density at radius 1 is 1.24 bits per heavy atom. The molecule has 17 heavy (non-hydrogen) atoms. The summed E-state index contributed by atoms with van der Waals surface area (Å²) in [6.07, 6.45) is 6.57. The SMILES string of the molecule is C=C\C=C(C(/C(C)=N\C)=C(\C)C(=C)C)\C1CC1. The fourth-order valence-corrected chi connectivity index (χ4v) is 1.97. The average Bonchev–Trinajstić information content (AvgIpc) is 3.11. The molecule has 0 bridgehead atoms. The normalized spacial score (nSPS) is 18.8. The molecule has 0 radical (unpaired) electrons. The highest BCUT2D eigenvalue weighted by Gasteiger charge is 2.29. The molecule has 0 aromatic heterocycles. The second kappa shape index (κ2) is 5.81.